The van der Waals surface area contributed by atoms with Crippen molar-refractivity contribution in [1.82, 2.24) is 15.0 Å². The van der Waals surface area contributed by atoms with Crippen molar-refractivity contribution in [3.8, 4) is 78.4 Å². The second kappa shape index (κ2) is 13.9. The van der Waals surface area contributed by atoms with Crippen LogP contribution in [0.3, 0.4) is 0 Å². The Morgan fingerprint density at radius 1 is 0.356 bits per heavy atom. The Kier molecular flexibility index (Phi) is 8.16. The molecule has 10 aromatic rings. The van der Waals surface area contributed by atoms with Crippen LogP contribution in [0.2, 0.25) is 0 Å². The zero-order chi connectivity index (χ0) is 39.5. The quantitative estimate of drug-likeness (QED) is 0.170. The van der Waals surface area contributed by atoms with Crippen LogP contribution in [-0.4, -0.2) is 15.0 Å². The molecule has 3 nitrogen and oxygen atoms in total. The van der Waals surface area contributed by atoms with E-state index in [2.05, 4.69) is 183 Å². The predicted octanol–water partition coefficient (Wildman–Crippen LogP) is 14.5. The van der Waals surface area contributed by atoms with Crippen molar-refractivity contribution in [2.24, 2.45) is 0 Å². The van der Waals surface area contributed by atoms with Crippen molar-refractivity contribution in [2.75, 3.05) is 0 Å². The van der Waals surface area contributed by atoms with Gasteiger partial charge in [-0.2, -0.15) is 0 Å². The SMILES string of the molecule is CC1(C)c2cc(-c3ccc(-c4ccc(-c5cc(-c6ccc(-c7cccnc7)cc6)nc(-c6ccccc6)n5)c5ccccc45)cc3)ccc2-c2cc3ccccc3cc21. The van der Waals surface area contributed by atoms with Crippen LogP contribution in [0.5, 0.6) is 0 Å². The summed E-state index contributed by atoms with van der Waals surface area (Å²) in [6.45, 7) is 4.72. The maximum Gasteiger partial charge on any atom is 0.160 e. The van der Waals surface area contributed by atoms with E-state index in [4.69, 9.17) is 9.97 Å². The predicted molar refractivity (Wildman–Crippen MR) is 245 cm³/mol. The number of benzene rings is 8. The first kappa shape index (κ1) is 34.7. The molecule has 0 amide bonds. The number of aromatic nitrogens is 3. The monoisotopic (exact) mass is 753 g/mol. The third-order valence-corrected chi connectivity index (χ3v) is 12.2. The van der Waals surface area contributed by atoms with Crippen molar-refractivity contribution in [1.29, 1.82) is 0 Å². The highest BCUT2D eigenvalue weighted by molar-refractivity contribution is 6.05. The normalized spacial score (nSPS) is 12.7. The summed E-state index contributed by atoms with van der Waals surface area (Å²) in [7, 11) is 0. The molecular weight excluding hydrogens is 715 g/mol. The number of rotatable bonds is 6. The molecule has 0 aliphatic heterocycles. The maximum absolute atomic E-state index is 5.20. The lowest BCUT2D eigenvalue weighted by atomic mass is 9.81. The average Bonchev–Trinajstić information content (AvgIpc) is 3.52. The summed E-state index contributed by atoms with van der Waals surface area (Å²) in [4.78, 5) is 14.6. The Morgan fingerprint density at radius 2 is 0.915 bits per heavy atom. The highest BCUT2D eigenvalue weighted by Crippen LogP contribution is 2.51. The van der Waals surface area contributed by atoms with E-state index in [-0.39, 0.29) is 5.41 Å². The van der Waals surface area contributed by atoms with E-state index in [0.29, 0.717) is 5.82 Å². The number of nitrogens with zero attached hydrogens (tertiary/aromatic N) is 3. The standard InChI is InChI=1S/C56H39N3/c1-56(2)51-33-43(26-27-48(51)50-31-41-13-6-7-14-42(41)32-52(50)56)36-18-22-38(23-19-36)45-28-29-49(47-17-9-8-16-46(45)47)54-34-53(58-55(59-54)40-11-4-3-5-12-40)39-24-20-37(21-25-39)44-15-10-30-57-35-44/h3-35H,1-2H3. The largest absolute Gasteiger partial charge is 0.264 e. The van der Waals surface area contributed by atoms with Gasteiger partial charge < -0.3 is 0 Å². The second-order valence-electron chi connectivity index (χ2n) is 16.1. The first-order valence-corrected chi connectivity index (χ1v) is 20.2. The van der Waals surface area contributed by atoms with Crippen LogP contribution in [0.1, 0.15) is 25.0 Å². The van der Waals surface area contributed by atoms with Crippen LogP contribution >= 0.6 is 0 Å². The van der Waals surface area contributed by atoms with Gasteiger partial charge in [-0.05, 0) is 108 Å². The van der Waals surface area contributed by atoms with E-state index >= 15 is 0 Å². The highest BCUT2D eigenvalue weighted by Gasteiger charge is 2.36. The molecule has 0 fully saturated rings. The summed E-state index contributed by atoms with van der Waals surface area (Å²) in [5, 5.41) is 4.92. The Labute approximate surface area is 344 Å². The average molecular weight is 754 g/mol. The second-order valence-corrected chi connectivity index (χ2v) is 16.1. The van der Waals surface area contributed by atoms with Gasteiger partial charge in [0.05, 0.1) is 11.4 Å². The Balaban J connectivity index is 0.955. The Morgan fingerprint density at radius 3 is 1.66 bits per heavy atom. The van der Waals surface area contributed by atoms with Gasteiger partial charge in [0.1, 0.15) is 0 Å². The third kappa shape index (κ3) is 6.02. The zero-order valence-corrected chi connectivity index (χ0v) is 32.9. The Hall–Kier alpha value is -7.49. The van der Waals surface area contributed by atoms with Crippen LogP contribution in [-0.2, 0) is 5.41 Å². The van der Waals surface area contributed by atoms with Gasteiger partial charge in [0.2, 0.25) is 0 Å². The molecular formula is C56H39N3. The summed E-state index contributed by atoms with van der Waals surface area (Å²) in [5.74, 6) is 0.699. The molecule has 2 aromatic heterocycles. The number of fused-ring (bicyclic) bond motifs is 5. The van der Waals surface area contributed by atoms with E-state index in [1.54, 1.807) is 6.20 Å². The molecule has 0 radical (unpaired) electrons. The number of hydrogen-bond donors (Lipinski definition) is 0. The molecule has 1 aliphatic rings. The molecule has 0 saturated carbocycles. The van der Waals surface area contributed by atoms with E-state index in [0.717, 1.165) is 44.6 Å². The van der Waals surface area contributed by atoms with Crippen LogP contribution in [0, 0.1) is 0 Å². The minimum atomic E-state index is -0.0808. The van der Waals surface area contributed by atoms with Crippen LogP contribution in [0.25, 0.3) is 100.0 Å². The van der Waals surface area contributed by atoms with Crippen molar-refractivity contribution < 1.29 is 0 Å². The van der Waals surface area contributed by atoms with Gasteiger partial charge in [0.25, 0.3) is 0 Å². The first-order chi connectivity index (χ1) is 29.0. The highest BCUT2D eigenvalue weighted by atomic mass is 14.9. The fourth-order valence-corrected chi connectivity index (χ4v) is 9.03. The summed E-state index contributed by atoms with van der Waals surface area (Å²) in [6.07, 6.45) is 3.69. The van der Waals surface area contributed by atoms with Gasteiger partial charge in [-0.15, -0.1) is 0 Å². The minimum Gasteiger partial charge on any atom is -0.264 e. The maximum atomic E-state index is 5.20. The number of hydrogen-bond acceptors (Lipinski definition) is 3. The summed E-state index contributed by atoms with van der Waals surface area (Å²) >= 11 is 0. The molecule has 3 heteroatoms. The van der Waals surface area contributed by atoms with Gasteiger partial charge in [0, 0.05) is 34.5 Å². The summed E-state index contributed by atoms with van der Waals surface area (Å²) < 4.78 is 0. The fourth-order valence-electron chi connectivity index (χ4n) is 9.03. The van der Waals surface area contributed by atoms with Crippen LogP contribution in [0.4, 0.5) is 0 Å². The molecule has 278 valence electrons. The molecule has 0 N–H and O–H groups in total. The molecule has 0 bridgehead atoms. The van der Waals surface area contributed by atoms with Gasteiger partial charge in [-0.25, -0.2) is 9.97 Å². The molecule has 59 heavy (non-hydrogen) atoms. The lowest BCUT2D eigenvalue weighted by Crippen LogP contribution is -2.15. The van der Waals surface area contributed by atoms with E-state index in [1.165, 1.54) is 60.7 Å². The van der Waals surface area contributed by atoms with Crippen molar-refractivity contribution in [3.05, 3.63) is 212 Å². The molecule has 11 rings (SSSR count). The molecule has 0 spiro atoms. The van der Waals surface area contributed by atoms with Crippen LogP contribution in [0.15, 0.2) is 200 Å². The van der Waals surface area contributed by atoms with E-state index in [1.807, 2.05) is 30.5 Å². The minimum absolute atomic E-state index is 0.0808. The van der Waals surface area contributed by atoms with Gasteiger partial charge in [-0.1, -0.05) is 172 Å². The third-order valence-electron chi connectivity index (χ3n) is 12.2. The first-order valence-electron chi connectivity index (χ1n) is 20.2. The topological polar surface area (TPSA) is 38.7 Å². The van der Waals surface area contributed by atoms with Gasteiger partial charge >= 0.3 is 0 Å². The van der Waals surface area contributed by atoms with Crippen molar-refractivity contribution >= 4 is 21.5 Å². The zero-order valence-electron chi connectivity index (χ0n) is 32.9. The molecule has 8 aromatic carbocycles. The fraction of sp³-hybridized carbons (Fsp3) is 0.0536. The van der Waals surface area contributed by atoms with Crippen LogP contribution < -0.4 is 0 Å². The number of pyridine rings is 1. The molecule has 0 atom stereocenters. The Bertz CT molecular complexity index is 3200. The molecule has 2 heterocycles. The smallest absolute Gasteiger partial charge is 0.160 e. The van der Waals surface area contributed by atoms with Crippen molar-refractivity contribution in [3.63, 3.8) is 0 Å². The lowest BCUT2D eigenvalue weighted by Gasteiger charge is -2.22. The van der Waals surface area contributed by atoms with E-state index in [9.17, 15) is 0 Å². The van der Waals surface area contributed by atoms with Crippen molar-refractivity contribution in [2.45, 2.75) is 19.3 Å². The van der Waals surface area contributed by atoms with E-state index < -0.39 is 0 Å². The summed E-state index contributed by atoms with van der Waals surface area (Å²) in [6, 6.07) is 67.7. The molecule has 0 saturated heterocycles. The lowest BCUT2D eigenvalue weighted by molar-refractivity contribution is 0.661. The van der Waals surface area contributed by atoms with Gasteiger partial charge in [0.15, 0.2) is 5.82 Å². The van der Waals surface area contributed by atoms with Gasteiger partial charge in [-0.3, -0.25) is 4.98 Å². The molecule has 0 unspecified atom stereocenters. The summed E-state index contributed by atoms with van der Waals surface area (Å²) in [5.41, 5.74) is 17.3. The molecule has 1 aliphatic carbocycles.